The normalized spacial score (nSPS) is 13.1. The molecular formula is C21H29N2O4+. The Kier molecular flexibility index (Phi) is 6.44. The highest BCUT2D eigenvalue weighted by Gasteiger charge is 2.29. The molecule has 0 amide bonds. The van der Waals surface area contributed by atoms with Crippen LogP contribution in [0.4, 0.5) is 0 Å². The third-order valence-electron chi connectivity index (χ3n) is 5.13. The maximum absolute atomic E-state index is 13.0. The van der Waals surface area contributed by atoms with Gasteiger partial charge in [-0.15, -0.1) is 0 Å². The van der Waals surface area contributed by atoms with Crippen molar-refractivity contribution < 1.29 is 24.0 Å². The van der Waals surface area contributed by atoms with Crippen molar-refractivity contribution in [1.82, 2.24) is 4.98 Å². The third-order valence-corrected chi connectivity index (χ3v) is 5.13. The van der Waals surface area contributed by atoms with E-state index in [9.17, 15) is 9.59 Å². The molecule has 1 heterocycles. The number of quaternary nitrogens is 1. The molecule has 1 aromatic heterocycles. The van der Waals surface area contributed by atoms with Crippen molar-refractivity contribution in [3.63, 3.8) is 0 Å². The Labute approximate surface area is 160 Å². The zero-order valence-electron chi connectivity index (χ0n) is 17.1. The van der Waals surface area contributed by atoms with E-state index in [2.05, 4.69) is 4.98 Å². The minimum Gasteiger partial charge on any atom is -0.497 e. The molecular weight excluding hydrogens is 344 g/mol. The van der Waals surface area contributed by atoms with Gasteiger partial charge in [0.25, 0.3) is 0 Å². The van der Waals surface area contributed by atoms with E-state index in [0.717, 1.165) is 33.2 Å². The second kappa shape index (κ2) is 8.39. The van der Waals surface area contributed by atoms with Gasteiger partial charge in [-0.25, -0.2) is 0 Å². The smallest absolute Gasteiger partial charge is 0.235 e. The fraction of sp³-hybridized carbons (Fsp3) is 0.429. The first-order valence-electron chi connectivity index (χ1n) is 8.98. The molecule has 6 heteroatoms. The number of nitrogens with one attached hydrogen (secondary N) is 2. The molecule has 2 N–H and O–H groups in total. The number of Topliss-reactive ketones (excluding diaryl/α,β-unsaturated/α-hetero) is 2. The zero-order chi connectivity index (χ0) is 20.3. The first kappa shape index (κ1) is 20.7. The van der Waals surface area contributed by atoms with Crippen molar-refractivity contribution >= 4 is 11.6 Å². The molecule has 0 radical (unpaired) electrons. The summed E-state index contributed by atoms with van der Waals surface area (Å²) >= 11 is 0. The lowest BCUT2D eigenvalue weighted by molar-refractivity contribution is -0.907. The molecule has 2 aromatic rings. The number of ketones is 2. The molecule has 0 aliphatic heterocycles. The van der Waals surface area contributed by atoms with E-state index in [1.807, 2.05) is 46.0 Å². The van der Waals surface area contributed by atoms with Gasteiger partial charge >= 0.3 is 0 Å². The summed E-state index contributed by atoms with van der Waals surface area (Å²) in [6.45, 7) is 7.69. The summed E-state index contributed by atoms with van der Waals surface area (Å²) in [7, 11) is 5.21. The van der Waals surface area contributed by atoms with E-state index in [-0.39, 0.29) is 17.6 Å². The van der Waals surface area contributed by atoms with E-state index in [0.29, 0.717) is 17.8 Å². The molecule has 0 aliphatic carbocycles. The van der Waals surface area contributed by atoms with Crippen LogP contribution in [-0.2, 0) is 6.54 Å². The van der Waals surface area contributed by atoms with Crippen molar-refractivity contribution in [3.8, 4) is 11.5 Å². The van der Waals surface area contributed by atoms with Crippen LogP contribution in [0.3, 0.4) is 0 Å². The van der Waals surface area contributed by atoms with Gasteiger partial charge in [-0.05, 0) is 45.4 Å². The highest BCUT2D eigenvalue weighted by Crippen LogP contribution is 2.24. The van der Waals surface area contributed by atoms with Gasteiger partial charge in [0.1, 0.15) is 18.0 Å². The van der Waals surface area contributed by atoms with Crippen LogP contribution < -0.4 is 14.4 Å². The molecule has 2 atom stereocenters. The lowest BCUT2D eigenvalue weighted by Crippen LogP contribution is -3.12. The fourth-order valence-electron chi connectivity index (χ4n) is 3.42. The highest BCUT2D eigenvalue weighted by atomic mass is 16.5. The molecule has 0 aliphatic rings. The Morgan fingerprint density at radius 1 is 1.19 bits per heavy atom. The second-order valence-electron chi connectivity index (χ2n) is 6.97. The van der Waals surface area contributed by atoms with Crippen molar-refractivity contribution in [2.45, 2.75) is 40.3 Å². The number of carbonyl (C=O) groups is 2. The molecule has 0 spiro atoms. The molecule has 146 valence electrons. The van der Waals surface area contributed by atoms with Gasteiger partial charge in [-0.2, -0.15) is 0 Å². The summed E-state index contributed by atoms with van der Waals surface area (Å²) in [5.74, 6) is 1.43. The van der Waals surface area contributed by atoms with Crippen LogP contribution in [0.5, 0.6) is 11.5 Å². The number of benzene rings is 1. The quantitative estimate of drug-likeness (QED) is 0.696. The Morgan fingerprint density at radius 3 is 2.37 bits per heavy atom. The Hall–Kier alpha value is -2.60. The highest BCUT2D eigenvalue weighted by molar-refractivity contribution is 6.04. The van der Waals surface area contributed by atoms with Gasteiger partial charge in [0, 0.05) is 22.9 Å². The number of methoxy groups -OCH3 is 2. The fourth-order valence-corrected chi connectivity index (χ4v) is 3.42. The van der Waals surface area contributed by atoms with Crippen LogP contribution in [0.2, 0.25) is 0 Å². The van der Waals surface area contributed by atoms with Crippen LogP contribution >= 0.6 is 0 Å². The third kappa shape index (κ3) is 4.22. The summed E-state index contributed by atoms with van der Waals surface area (Å²) < 4.78 is 10.7. The molecule has 27 heavy (non-hydrogen) atoms. The minimum absolute atomic E-state index is 0.00641. The van der Waals surface area contributed by atoms with Crippen molar-refractivity contribution in [3.05, 3.63) is 46.3 Å². The summed E-state index contributed by atoms with van der Waals surface area (Å²) in [4.78, 5) is 29.0. The largest absolute Gasteiger partial charge is 0.497 e. The predicted octanol–water partition coefficient (Wildman–Crippen LogP) is 2.14. The molecule has 1 aromatic carbocycles. The van der Waals surface area contributed by atoms with E-state index in [1.54, 1.807) is 14.2 Å². The van der Waals surface area contributed by atoms with E-state index in [1.165, 1.54) is 6.92 Å². The molecule has 0 saturated heterocycles. The van der Waals surface area contributed by atoms with Gasteiger partial charge in [-0.1, -0.05) is 0 Å². The lowest BCUT2D eigenvalue weighted by Gasteiger charge is -2.22. The maximum Gasteiger partial charge on any atom is 0.235 e. The van der Waals surface area contributed by atoms with Crippen LogP contribution in [0, 0.1) is 13.8 Å². The van der Waals surface area contributed by atoms with Crippen LogP contribution in [0.1, 0.15) is 51.5 Å². The molecule has 1 unspecified atom stereocenters. The molecule has 0 saturated carbocycles. The number of likely N-dealkylation sites (N-methyl/N-ethyl adjacent to an activating group) is 1. The lowest BCUT2D eigenvalue weighted by atomic mass is 10.0. The molecule has 6 nitrogen and oxygen atoms in total. The van der Waals surface area contributed by atoms with Gasteiger partial charge in [-0.3, -0.25) is 9.59 Å². The number of ether oxygens (including phenoxy) is 2. The van der Waals surface area contributed by atoms with Crippen molar-refractivity contribution in [2.75, 3.05) is 21.3 Å². The van der Waals surface area contributed by atoms with E-state index in [4.69, 9.17) is 9.47 Å². The van der Waals surface area contributed by atoms with Gasteiger partial charge in [0.2, 0.25) is 5.78 Å². The number of H-pyrrole nitrogens is 1. The minimum atomic E-state index is -0.284. The Bertz CT molecular complexity index is 854. The Morgan fingerprint density at radius 2 is 1.85 bits per heavy atom. The number of hydrogen-bond donors (Lipinski definition) is 2. The molecule has 0 fully saturated rings. The average Bonchev–Trinajstić information content (AvgIpc) is 2.94. The summed E-state index contributed by atoms with van der Waals surface area (Å²) in [6.07, 6.45) is 0. The van der Waals surface area contributed by atoms with Gasteiger partial charge < -0.3 is 19.4 Å². The number of aryl methyl sites for hydroxylation is 1. The number of hydrogen-bond acceptors (Lipinski definition) is 4. The first-order valence-corrected chi connectivity index (χ1v) is 8.98. The summed E-state index contributed by atoms with van der Waals surface area (Å²) in [5, 5.41) is 0. The van der Waals surface area contributed by atoms with E-state index >= 15 is 0 Å². The first-order chi connectivity index (χ1) is 12.7. The number of aromatic nitrogens is 1. The number of carbonyl (C=O) groups excluding carboxylic acids is 2. The standard InChI is InChI=1S/C21H28N2O4/c1-12-19(15(4)24)13(2)22-20(12)21(25)14(3)23(5)11-16-8-9-17(26-6)10-18(16)27-7/h8-10,14,22H,11H2,1-7H3/p+1/t14-/m0/s1. The number of aromatic amines is 1. The summed E-state index contributed by atoms with van der Waals surface area (Å²) in [5.41, 5.74) is 3.60. The monoisotopic (exact) mass is 373 g/mol. The van der Waals surface area contributed by atoms with Crippen molar-refractivity contribution in [1.29, 1.82) is 0 Å². The van der Waals surface area contributed by atoms with Crippen LogP contribution in [0.15, 0.2) is 18.2 Å². The van der Waals surface area contributed by atoms with E-state index < -0.39 is 0 Å². The maximum atomic E-state index is 13.0. The summed E-state index contributed by atoms with van der Waals surface area (Å²) in [6, 6.07) is 5.39. The van der Waals surface area contributed by atoms with Crippen molar-refractivity contribution in [2.24, 2.45) is 0 Å². The Balaban J connectivity index is 2.23. The van der Waals surface area contributed by atoms with Gasteiger partial charge in [0.05, 0.1) is 27.0 Å². The van der Waals surface area contributed by atoms with Crippen LogP contribution in [-0.4, -0.2) is 43.9 Å². The topological polar surface area (TPSA) is 72.8 Å². The zero-order valence-corrected chi connectivity index (χ0v) is 17.1. The SMILES string of the molecule is COc1ccc(C[NH+](C)[C@@H](C)C(=O)c2[nH]c(C)c(C(C)=O)c2C)c(OC)c1. The predicted molar refractivity (Wildman–Crippen MR) is 104 cm³/mol. The number of rotatable bonds is 8. The average molecular weight is 373 g/mol. The molecule has 2 rings (SSSR count). The van der Waals surface area contributed by atoms with Gasteiger partial charge in [0.15, 0.2) is 11.8 Å². The van der Waals surface area contributed by atoms with Crippen LogP contribution in [0.25, 0.3) is 0 Å². The second-order valence-corrected chi connectivity index (χ2v) is 6.97. The molecule has 0 bridgehead atoms.